The lowest BCUT2D eigenvalue weighted by Gasteiger charge is -2.09. The van der Waals surface area contributed by atoms with Crippen LogP contribution in [-0.4, -0.2) is 27.8 Å². The molecule has 0 aliphatic carbocycles. The smallest absolute Gasteiger partial charge is 0.165 e. The third-order valence-corrected chi connectivity index (χ3v) is 5.15. The number of rotatable bonds is 4. The lowest BCUT2D eigenvalue weighted by atomic mass is 9.95. The van der Waals surface area contributed by atoms with E-state index in [1.165, 1.54) is 0 Å². The minimum atomic E-state index is 0.499. The summed E-state index contributed by atoms with van der Waals surface area (Å²) in [4.78, 5) is 18.7. The Labute approximate surface area is 192 Å². The van der Waals surface area contributed by atoms with Crippen molar-refractivity contribution in [3.8, 4) is 51.5 Å². The molecule has 5 rings (SSSR count). The molecule has 6 heteroatoms. The molecule has 3 aromatic carbocycles. The SMILES string of the molecule is [B]c1ccc(-c2ccc(-c3nc(-c4ccccc4)nc(-c4cccc(C#N)c4)n3)cn2)cc1. The summed E-state index contributed by atoms with van der Waals surface area (Å²) >= 11 is 0. The van der Waals surface area contributed by atoms with Crippen molar-refractivity contribution in [2.75, 3.05) is 0 Å². The molecule has 152 valence electrons. The summed E-state index contributed by atoms with van der Waals surface area (Å²) in [6.07, 6.45) is 1.76. The first-order chi connectivity index (χ1) is 16.2. The van der Waals surface area contributed by atoms with E-state index in [1.54, 1.807) is 18.3 Å². The van der Waals surface area contributed by atoms with Crippen molar-refractivity contribution >= 4 is 13.3 Å². The molecule has 0 spiro atoms. The first kappa shape index (κ1) is 20.3. The lowest BCUT2D eigenvalue weighted by Crippen LogP contribution is -2.01. The average molecular weight is 421 g/mol. The predicted molar refractivity (Wildman–Crippen MR) is 129 cm³/mol. The van der Waals surface area contributed by atoms with Gasteiger partial charge in [-0.2, -0.15) is 5.26 Å². The van der Waals surface area contributed by atoms with Crippen molar-refractivity contribution in [3.63, 3.8) is 0 Å². The van der Waals surface area contributed by atoms with Crippen LogP contribution >= 0.6 is 0 Å². The number of benzene rings is 3. The highest BCUT2D eigenvalue weighted by Crippen LogP contribution is 2.26. The number of nitriles is 1. The quantitative estimate of drug-likeness (QED) is 0.397. The zero-order chi connectivity index (χ0) is 22.6. The molecule has 33 heavy (non-hydrogen) atoms. The van der Waals surface area contributed by atoms with Crippen molar-refractivity contribution in [3.05, 3.63) is 103 Å². The van der Waals surface area contributed by atoms with E-state index in [9.17, 15) is 5.26 Å². The topological polar surface area (TPSA) is 75.3 Å². The number of pyridine rings is 1. The third-order valence-electron chi connectivity index (χ3n) is 5.15. The number of hydrogen-bond donors (Lipinski definition) is 0. The Balaban J connectivity index is 1.60. The number of aromatic nitrogens is 4. The van der Waals surface area contributed by atoms with Gasteiger partial charge in [0.1, 0.15) is 7.85 Å². The Bertz CT molecular complexity index is 1460. The van der Waals surface area contributed by atoms with Gasteiger partial charge in [-0.25, -0.2) is 15.0 Å². The fraction of sp³-hybridized carbons (Fsp3) is 0. The largest absolute Gasteiger partial charge is 0.255 e. The van der Waals surface area contributed by atoms with Crippen LogP contribution in [0.4, 0.5) is 0 Å². The van der Waals surface area contributed by atoms with Gasteiger partial charge in [0.15, 0.2) is 17.5 Å². The van der Waals surface area contributed by atoms with Crippen LogP contribution in [0.3, 0.4) is 0 Å². The monoisotopic (exact) mass is 421 g/mol. The molecule has 0 saturated heterocycles. The van der Waals surface area contributed by atoms with Crippen molar-refractivity contribution in [1.29, 1.82) is 5.26 Å². The van der Waals surface area contributed by atoms with Crippen LogP contribution in [0.2, 0.25) is 0 Å². The van der Waals surface area contributed by atoms with E-state index in [1.807, 2.05) is 78.9 Å². The summed E-state index contributed by atoms with van der Waals surface area (Å²) in [5, 5.41) is 9.29. The second-order valence-electron chi connectivity index (χ2n) is 7.42. The van der Waals surface area contributed by atoms with Gasteiger partial charge in [-0.1, -0.05) is 72.2 Å². The van der Waals surface area contributed by atoms with Crippen LogP contribution in [0.1, 0.15) is 5.56 Å². The standard InChI is InChI=1S/C27H16BN5/c28-23-12-9-19(10-13-23)24-14-11-22(17-30-24)27-32-25(20-6-2-1-3-7-20)31-26(33-27)21-8-4-5-18(15-21)16-29/h1-15,17H. The molecule has 0 aliphatic rings. The molecule has 2 heterocycles. The number of hydrogen-bond acceptors (Lipinski definition) is 5. The van der Waals surface area contributed by atoms with Crippen molar-refractivity contribution in [2.24, 2.45) is 0 Å². The van der Waals surface area contributed by atoms with Crippen LogP contribution in [0, 0.1) is 11.3 Å². The van der Waals surface area contributed by atoms with Crippen molar-refractivity contribution < 1.29 is 0 Å². The number of nitrogens with zero attached hydrogens (tertiary/aromatic N) is 5. The van der Waals surface area contributed by atoms with Crippen molar-refractivity contribution in [1.82, 2.24) is 19.9 Å². The molecule has 5 aromatic rings. The zero-order valence-electron chi connectivity index (χ0n) is 17.6. The van der Waals surface area contributed by atoms with E-state index in [0.29, 0.717) is 28.5 Å². The highest BCUT2D eigenvalue weighted by atomic mass is 15.0. The van der Waals surface area contributed by atoms with Crippen molar-refractivity contribution in [2.45, 2.75) is 0 Å². The molecule has 0 bridgehead atoms. The highest BCUT2D eigenvalue weighted by molar-refractivity contribution is 6.32. The Morgan fingerprint density at radius 2 is 1.24 bits per heavy atom. The summed E-state index contributed by atoms with van der Waals surface area (Å²) in [5.74, 6) is 1.57. The predicted octanol–water partition coefficient (Wildman–Crippen LogP) is 4.60. The van der Waals surface area contributed by atoms with Gasteiger partial charge in [-0.05, 0) is 24.3 Å². The molecular formula is C27H16BN5. The van der Waals surface area contributed by atoms with Crippen LogP contribution in [0.25, 0.3) is 45.4 Å². The maximum absolute atomic E-state index is 9.29. The highest BCUT2D eigenvalue weighted by Gasteiger charge is 2.13. The molecule has 2 aromatic heterocycles. The van der Waals surface area contributed by atoms with E-state index in [0.717, 1.165) is 27.9 Å². The average Bonchev–Trinajstić information content (AvgIpc) is 2.89. The van der Waals surface area contributed by atoms with E-state index in [4.69, 9.17) is 17.8 Å². The zero-order valence-corrected chi connectivity index (χ0v) is 17.6. The summed E-state index contributed by atoms with van der Waals surface area (Å²) in [7, 11) is 5.79. The van der Waals surface area contributed by atoms with Gasteiger partial charge < -0.3 is 0 Å². The molecule has 0 aliphatic heterocycles. The fourth-order valence-electron chi connectivity index (χ4n) is 3.43. The molecule has 0 amide bonds. The fourth-order valence-corrected chi connectivity index (χ4v) is 3.43. The normalized spacial score (nSPS) is 10.5. The Morgan fingerprint density at radius 3 is 1.91 bits per heavy atom. The minimum Gasteiger partial charge on any atom is -0.255 e. The Hall–Kier alpha value is -4.63. The first-order valence-electron chi connectivity index (χ1n) is 10.3. The Morgan fingerprint density at radius 1 is 0.606 bits per heavy atom. The lowest BCUT2D eigenvalue weighted by molar-refractivity contribution is 1.07. The van der Waals surface area contributed by atoms with Gasteiger partial charge in [0, 0.05) is 28.5 Å². The summed E-state index contributed by atoms with van der Waals surface area (Å²) in [6.45, 7) is 0. The second kappa shape index (κ2) is 8.85. The van der Waals surface area contributed by atoms with Crippen LogP contribution < -0.4 is 5.46 Å². The summed E-state index contributed by atoms with van der Waals surface area (Å²) in [5.41, 5.74) is 5.47. The van der Waals surface area contributed by atoms with Crippen LogP contribution in [0.5, 0.6) is 0 Å². The molecule has 5 nitrogen and oxygen atoms in total. The second-order valence-corrected chi connectivity index (χ2v) is 7.42. The van der Waals surface area contributed by atoms with Crippen LogP contribution in [-0.2, 0) is 0 Å². The summed E-state index contributed by atoms with van der Waals surface area (Å²) < 4.78 is 0. The summed E-state index contributed by atoms with van der Waals surface area (Å²) in [6, 6.07) is 30.6. The van der Waals surface area contributed by atoms with E-state index in [2.05, 4.69) is 16.0 Å². The first-order valence-corrected chi connectivity index (χ1v) is 10.3. The van der Waals surface area contributed by atoms with E-state index >= 15 is 0 Å². The Kier molecular flexibility index (Phi) is 5.44. The van der Waals surface area contributed by atoms with Gasteiger partial charge in [0.25, 0.3) is 0 Å². The van der Waals surface area contributed by atoms with Gasteiger partial charge in [0.2, 0.25) is 0 Å². The van der Waals surface area contributed by atoms with Crippen LogP contribution in [0.15, 0.2) is 97.2 Å². The minimum absolute atomic E-state index is 0.499. The van der Waals surface area contributed by atoms with Gasteiger partial charge in [-0.3, -0.25) is 4.98 Å². The third kappa shape index (κ3) is 4.39. The van der Waals surface area contributed by atoms with Gasteiger partial charge in [-0.15, -0.1) is 0 Å². The molecule has 0 saturated carbocycles. The molecule has 2 radical (unpaired) electrons. The maximum Gasteiger partial charge on any atom is 0.165 e. The molecule has 0 fully saturated rings. The maximum atomic E-state index is 9.29. The van der Waals surface area contributed by atoms with Gasteiger partial charge in [0.05, 0.1) is 17.3 Å². The molecule has 0 atom stereocenters. The molecular weight excluding hydrogens is 405 g/mol. The molecule has 0 N–H and O–H groups in total. The van der Waals surface area contributed by atoms with E-state index in [-0.39, 0.29) is 0 Å². The molecule has 0 unspecified atom stereocenters. The van der Waals surface area contributed by atoms with Gasteiger partial charge >= 0.3 is 0 Å². The van der Waals surface area contributed by atoms with E-state index < -0.39 is 0 Å².